The fraction of sp³-hybridized carbons (Fsp3) is 0.267. The van der Waals surface area contributed by atoms with E-state index in [0.29, 0.717) is 12.0 Å². The number of carbonyl (C=O) groups excluding carboxylic acids is 2. The molecule has 2 amide bonds. The number of hydrogen-bond donors (Lipinski definition) is 5. The second-order valence-corrected chi connectivity index (χ2v) is 5.16. The molecule has 10 heteroatoms. The number of amidine groups is 1. The van der Waals surface area contributed by atoms with Gasteiger partial charge in [-0.2, -0.15) is 4.99 Å². The van der Waals surface area contributed by atoms with Crippen LogP contribution in [0, 0.1) is 18.2 Å². The Bertz CT molecular complexity index is 738. The minimum absolute atomic E-state index is 0.233. The third kappa shape index (κ3) is 6.01. The van der Waals surface area contributed by atoms with Crippen LogP contribution in [0.1, 0.15) is 18.9 Å². The van der Waals surface area contributed by atoms with Crippen molar-refractivity contribution in [2.45, 2.75) is 26.3 Å². The first-order valence-electron chi connectivity index (χ1n) is 7.28. The summed E-state index contributed by atoms with van der Waals surface area (Å²) in [6, 6.07) is 3.11. The van der Waals surface area contributed by atoms with E-state index in [1.165, 1.54) is 6.07 Å². The van der Waals surface area contributed by atoms with Gasteiger partial charge < -0.3 is 22.5 Å². The van der Waals surface area contributed by atoms with Gasteiger partial charge in [-0.25, -0.2) is 9.38 Å². The van der Waals surface area contributed by atoms with E-state index in [4.69, 9.17) is 22.6 Å². The largest absolute Gasteiger partial charge is 0.368 e. The lowest BCUT2D eigenvalue weighted by atomic mass is 10.2. The number of primary amides is 2. The van der Waals surface area contributed by atoms with Gasteiger partial charge >= 0.3 is 0 Å². The number of halogens is 1. The molecular formula is C15H20FN7O2. The van der Waals surface area contributed by atoms with Crippen molar-refractivity contribution in [3.63, 3.8) is 0 Å². The second-order valence-electron chi connectivity index (χ2n) is 5.16. The number of aliphatic imine (C=N–C) groups is 2. The lowest BCUT2D eigenvalue weighted by Crippen LogP contribution is -2.36. The van der Waals surface area contributed by atoms with Gasteiger partial charge in [0.2, 0.25) is 11.9 Å². The van der Waals surface area contributed by atoms with Crippen molar-refractivity contribution in [2.75, 3.05) is 5.32 Å². The fourth-order valence-corrected chi connectivity index (χ4v) is 1.87. The van der Waals surface area contributed by atoms with E-state index in [0.717, 1.165) is 6.07 Å². The number of nitrogens with one attached hydrogen (secondary N) is 2. The van der Waals surface area contributed by atoms with Crippen molar-refractivity contribution in [3.05, 3.63) is 29.6 Å². The van der Waals surface area contributed by atoms with E-state index in [1.807, 2.05) is 0 Å². The van der Waals surface area contributed by atoms with Gasteiger partial charge in [0.1, 0.15) is 11.9 Å². The van der Waals surface area contributed by atoms with Crippen molar-refractivity contribution in [2.24, 2.45) is 27.2 Å². The Balaban J connectivity index is 3.24. The monoisotopic (exact) mass is 349 g/mol. The standard InChI is InChI=1S/C15H20FN7O2/c1-3-10(12(18)24)22-15(20)23-14(11(17)13(19)25)21-9-5-7(2)4-8(16)6-9/h4-6,10,17H,3H2,1-2H3,(H2,18,24)(H2,19,25)(H3,20,21,22,23)/t10-/m1/s1. The van der Waals surface area contributed by atoms with Crippen molar-refractivity contribution in [1.82, 2.24) is 0 Å². The van der Waals surface area contributed by atoms with Gasteiger partial charge in [-0.15, -0.1) is 0 Å². The molecule has 25 heavy (non-hydrogen) atoms. The Morgan fingerprint density at radius 2 is 1.92 bits per heavy atom. The minimum atomic E-state index is -1.07. The molecule has 0 heterocycles. The Kier molecular flexibility index (Phi) is 6.73. The Hall–Kier alpha value is -3.30. The molecule has 1 rings (SSSR count). The number of amides is 2. The van der Waals surface area contributed by atoms with Crippen molar-refractivity contribution in [1.29, 1.82) is 5.41 Å². The molecule has 0 aliphatic rings. The maximum atomic E-state index is 13.5. The first-order chi connectivity index (χ1) is 11.6. The molecule has 1 aromatic rings. The highest BCUT2D eigenvalue weighted by molar-refractivity contribution is 6.67. The Labute approximate surface area is 143 Å². The first-order valence-corrected chi connectivity index (χ1v) is 7.28. The van der Waals surface area contributed by atoms with Crippen LogP contribution in [0.5, 0.6) is 0 Å². The summed E-state index contributed by atoms with van der Waals surface area (Å²) in [5, 5.41) is 10.3. The molecule has 0 saturated carbocycles. The zero-order chi connectivity index (χ0) is 19.1. The van der Waals surface area contributed by atoms with Crippen LogP contribution in [-0.4, -0.2) is 35.4 Å². The van der Waals surface area contributed by atoms with Crippen molar-refractivity contribution in [3.8, 4) is 0 Å². The highest BCUT2D eigenvalue weighted by Crippen LogP contribution is 2.13. The Morgan fingerprint density at radius 3 is 2.40 bits per heavy atom. The van der Waals surface area contributed by atoms with Crippen molar-refractivity contribution >= 4 is 35.0 Å². The first kappa shape index (κ1) is 19.7. The van der Waals surface area contributed by atoms with Crippen LogP contribution in [0.2, 0.25) is 0 Å². The number of nitrogens with two attached hydrogens (primary N) is 3. The normalized spacial score (nSPS) is 13.2. The van der Waals surface area contributed by atoms with Gasteiger partial charge in [-0.05, 0) is 37.1 Å². The van der Waals surface area contributed by atoms with E-state index in [-0.39, 0.29) is 17.5 Å². The number of anilines is 1. The van der Waals surface area contributed by atoms with E-state index in [1.54, 1.807) is 19.9 Å². The molecule has 134 valence electrons. The summed E-state index contributed by atoms with van der Waals surface area (Å²) < 4.78 is 13.5. The molecule has 8 N–H and O–H groups in total. The van der Waals surface area contributed by atoms with Gasteiger partial charge in [0.25, 0.3) is 5.91 Å². The number of carbonyl (C=O) groups is 2. The quantitative estimate of drug-likeness (QED) is 0.360. The van der Waals surface area contributed by atoms with E-state index in [2.05, 4.69) is 15.3 Å². The third-order valence-electron chi connectivity index (χ3n) is 3.02. The van der Waals surface area contributed by atoms with Crippen LogP contribution in [0.15, 0.2) is 28.2 Å². The lowest BCUT2D eigenvalue weighted by Gasteiger charge is -2.11. The SMILES string of the molecule is CC[C@@H](N=C(N)N=C(Nc1cc(C)cc(F)c1)C(=N)C(N)=O)C(N)=O. The molecule has 0 spiro atoms. The summed E-state index contributed by atoms with van der Waals surface area (Å²) in [6.07, 6.45) is 0.296. The number of hydrogen-bond acceptors (Lipinski definition) is 4. The maximum absolute atomic E-state index is 13.5. The van der Waals surface area contributed by atoms with Gasteiger partial charge in [0.05, 0.1) is 0 Å². The average molecular weight is 349 g/mol. The van der Waals surface area contributed by atoms with Crippen LogP contribution >= 0.6 is 0 Å². The predicted octanol–water partition coefficient (Wildman–Crippen LogP) is 0.0282. The number of aryl methyl sites for hydroxylation is 1. The lowest BCUT2D eigenvalue weighted by molar-refractivity contribution is -0.119. The highest BCUT2D eigenvalue weighted by Gasteiger charge is 2.16. The maximum Gasteiger partial charge on any atom is 0.270 e. The molecule has 1 atom stereocenters. The molecule has 0 unspecified atom stereocenters. The zero-order valence-corrected chi connectivity index (χ0v) is 13.8. The number of nitrogens with zero attached hydrogens (tertiary/aromatic N) is 2. The molecule has 0 radical (unpaired) electrons. The predicted molar refractivity (Wildman–Crippen MR) is 94.0 cm³/mol. The Morgan fingerprint density at radius 1 is 1.28 bits per heavy atom. The number of guanidine groups is 1. The van der Waals surface area contributed by atoms with Gasteiger partial charge in [0, 0.05) is 5.69 Å². The molecule has 0 aliphatic heterocycles. The smallest absolute Gasteiger partial charge is 0.270 e. The van der Waals surface area contributed by atoms with Gasteiger partial charge in [-0.3, -0.25) is 15.0 Å². The van der Waals surface area contributed by atoms with Crippen LogP contribution in [0.3, 0.4) is 0 Å². The highest BCUT2D eigenvalue weighted by atomic mass is 19.1. The third-order valence-corrected chi connectivity index (χ3v) is 3.02. The zero-order valence-electron chi connectivity index (χ0n) is 13.8. The summed E-state index contributed by atoms with van der Waals surface area (Å²) in [6.45, 7) is 3.34. The summed E-state index contributed by atoms with van der Waals surface area (Å²) in [5.41, 5.74) is 16.0. The average Bonchev–Trinajstić information content (AvgIpc) is 2.49. The van der Waals surface area contributed by atoms with E-state index >= 15 is 0 Å². The molecule has 0 saturated heterocycles. The molecule has 0 aliphatic carbocycles. The molecular weight excluding hydrogens is 329 g/mol. The summed E-state index contributed by atoms with van der Waals surface area (Å²) in [7, 11) is 0. The van der Waals surface area contributed by atoms with Crippen LogP contribution in [-0.2, 0) is 9.59 Å². The van der Waals surface area contributed by atoms with Crippen LogP contribution in [0.25, 0.3) is 0 Å². The topological polar surface area (TPSA) is 173 Å². The van der Waals surface area contributed by atoms with Crippen LogP contribution in [0.4, 0.5) is 10.1 Å². The van der Waals surface area contributed by atoms with Gasteiger partial charge in [0.15, 0.2) is 11.5 Å². The fourth-order valence-electron chi connectivity index (χ4n) is 1.87. The van der Waals surface area contributed by atoms with Gasteiger partial charge in [-0.1, -0.05) is 6.92 Å². The summed E-state index contributed by atoms with van der Waals surface area (Å²) in [4.78, 5) is 30.1. The number of benzene rings is 1. The molecule has 0 bridgehead atoms. The summed E-state index contributed by atoms with van der Waals surface area (Å²) >= 11 is 0. The molecule has 0 aromatic heterocycles. The molecule has 1 aromatic carbocycles. The van der Waals surface area contributed by atoms with Crippen LogP contribution < -0.4 is 22.5 Å². The summed E-state index contributed by atoms with van der Waals surface area (Å²) in [5.74, 6) is -3.01. The van der Waals surface area contributed by atoms with Crippen molar-refractivity contribution < 1.29 is 14.0 Å². The molecule has 0 fully saturated rings. The van der Waals surface area contributed by atoms with E-state index in [9.17, 15) is 14.0 Å². The van der Waals surface area contributed by atoms with E-state index < -0.39 is 29.4 Å². The number of rotatable bonds is 6. The molecule has 9 nitrogen and oxygen atoms in total. The minimum Gasteiger partial charge on any atom is -0.368 e. The second kappa shape index (κ2) is 8.52.